The van der Waals surface area contributed by atoms with Crippen molar-refractivity contribution in [2.45, 2.75) is 45.1 Å². The van der Waals surface area contributed by atoms with Gasteiger partial charge in [-0.2, -0.15) is 0 Å². The van der Waals surface area contributed by atoms with Crippen molar-refractivity contribution in [3.05, 3.63) is 28.8 Å². The summed E-state index contributed by atoms with van der Waals surface area (Å²) in [6.45, 7) is 6.44. The second-order valence-corrected chi connectivity index (χ2v) is 7.15. The minimum atomic E-state index is 0.0576. The van der Waals surface area contributed by atoms with Gasteiger partial charge >= 0.3 is 0 Å². The van der Waals surface area contributed by atoms with Crippen LogP contribution in [0.5, 0.6) is 0 Å². The third-order valence-corrected chi connectivity index (χ3v) is 5.17. The lowest BCUT2D eigenvalue weighted by Gasteiger charge is -2.26. The number of hydrogen-bond donors (Lipinski definition) is 0. The van der Waals surface area contributed by atoms with Gasteiger partial charge in [0, 0.05) is 38.3 Å². The fourth-order valence-corrected chi connectivity index (χ4v) is 3.92. The monoisotopic (exact) mass is 350 g/mol. The second-order valence-electron chi connectivity index (χ2n) is 6.75. The Kier molecular flexibility index (Phi) is 6.01. The largest absolute Gasteiger partial charge is 0.376 e. The van der Waals surface area contributed by atoms with E-state index in [9.17, 15) is 4.79 Å². The van der Waals surface area contributed by atoms with E-state index in [1.165, 1.54) is 12.8 Å². The number of carbonyl (C=O) groups excluding carboxylic acids is 1. The van der Waals surface area contributed by atoms with Crippen molar-refractivity contribution in [3.8, 4) is 0 Å². The maximum absolute atomic E-state index is 12.9. The quantitative estimate of drug-likeness (QED) is 0.778. The summed E-state index contributed by atoms with van der Waals surface area (Å²) in [5.74, 6) is 0.0576. The molecule has 2 aliphatic heterocycles. The number of hydrogen-bond acceptors (Lipinski definition) is 3. The van der Waals surface area contributed by atoms with Crippen LogP contribution in [0.25, 0.3) is 0 Å². The summed E-state index contributed by atoms with van der Waals surface area (Å²) < 4.78 is 5.70. The van der Waals surface area contributed by atoms with E-state index in [1.807, 2.05) is 23.1 Å². The Morgan fingerprint density at radius 1 is 1.33 bits per heavy atom. The lowest BCUT2D eigenvalue weighted by Crippen LogP contribution is -2.38. The predicted molar refractivity (Wildman–Crippen MR) is 98.1 cm³/mol. The average Bonchev–Trinajstić information content (AvgIpc) is 3.27. The van der Waals surface area contributed by atoms with Crippen LogP contribution in [0, 0.1) is 0 Å². The van der Waals surface area contributed by atoms with Gasteiger partial charge in [-0.05, 0) is 50.3 Å². The molecule has 132 valence electrons. The Morgan fingerprint density at radius 2 is 2.12 bits per heavy atom. The summed E-state index contributed by atoms with van der Waals surface area (Å²) in [7, 11) is 0. The summed E-state index contributed by atoms with van der Waals surface area (Å²) in [6.07, 6.45) is 5.68. The zero-order valence-electron chi connectivity index (χ0n) is 14.5. The molecule has 0 radical (unpaired) electrons. The van der Waals surface area contributed by atoms with E-state index >= 15 is 0 Å². The third kappa shape index (κ3) is 4.04. The van der Waals surface area contributed by atoms with Crippen molar-refractivity contribution >= 4 is 23.2 Å². The molecule has 1 aromatic rings. The standard InChI is InChI=1S/C19H27ClN2O2/c1-2-9-22(14-16-6-5-12-24-16)19(23)15-7-8-18(17(20)13-15)21-10-3-4-11-21/h7-8,13,16H,2-6,9-12,14H2,1H3. The van der Waals surface area contributed by atoms with E-state index in [1.54, 1.807) is 0 Å². The normalized spacial score (nSPS) is 20.6. The maximum Gasteiger partial charge on any atom is 0.253 e. The molecule has 3 rings (SSSR count). The van der Waals surface area contributed by atoms with Crippen LogP contribution in [-0.2, 0) is 4.74 Å². The van der Waals surface area contributed by atoms with Crippen LogP contribution in [0.3, 0.4) is 0 Å². The summed E-state index contributed by atoms with van der Waals surface area (Å²) >= 11 is 6.47. The maximum atomic E-state index is 12.9. The van der Waals surface area contributed by atoms with Gasteiger partial charge in [0.25, 0.3) is 5.91 Å². The molecule has 1 atom stereocenters. The van der Waals surface area contributed by atoms with Gasteiger partial charge in [0.2, 0.25) is 0 Å². The molecule has 0 aromatic heterocycles. The van der Waals surface area contributed by atoms with Gasteiger partial charge in [-0.1, -0.05) is 18.5 Å². The van der Waals surface area contributed by atoms with Gasteiger partial charge in [-0.15, -0.1) is 0 Å². The molecule has 2 aliphatic rings. The molecule has 2 heterocycles. The molecular weight excluding hydrogens is 324 g/mol. The minimum Gasteiger partial charge on any atom is -0.376 e. The van der Waals surface area contributed by atoms with Crippen LogP contribution in [0.2, 0.25) is 5.02 Å². The Morgan fingerprint density at radius 3 is 2.75 bits per heavy atom. The lowest BCUT2D eigenvalue weighted by atomic mass is 10.1. The molecule has 1 amide bonds. The lowest BCUT2D eigenvalue weighted by molar-refractivity contribution is 0.0526. The highest BCUT2D eigenvalue weighted by Gasteiger charge is 2.24. The third-order valence-electron chi connectivity index (χ3n) is 4.87. The highest BCUT2D eigenvalue weighted by atomic mass is 35.5. The van der Waals surface area contributed by atoms with Gasteiger partial charge in [-0.25, -0.2) is 0 Å². The first-order chi connectivity index (χ1) is 11.7. The van der Waals surface area contributed by atoms with Crippen molar-refractivity contribution in [3.63, 3.8) is 0 Å². The molecule has 24 heavy (non-hydrogen) atoms. The number of nitrogens with zero attached hydrogens (tertiary/aromatic N) is 2. The molecule has 2 saturated heterocycles. The molecule has 0 bridgehead atoms. The number of ether oxygens (including phenoxy) is 1. The van der Waals surface area contributed by atoms with E-state index < -0.39 is 0 Å². The van der Waals surface area contributed by atoms with Crippen molar-refractivity contribution in [2.24, 2.45) is 0 Å². The first-order valence-electron chi connectivity index (χ1n) is 9.14. The van der Waals surface area contributed by atoms with Crippen LogP contribution in [0.1, 0.15) is 49.4 Å². The molecule has 5 heteroatoms. The Bertz CT molecular complexity index is 566. The molecule has 4 nitrogen and oxygen atoms in total. The smallest absolute Gasteiger partial charge is 0.253 e. The summed E-state index contributed by atoms with van der Waals surface area (Å²) in [6, 6.07) is 5.74. The Balaban J connectivity index is 1.72. The van der Waals surface area contributed by atoms with E-state index in [2.05, 4.69) is 11.8 Å². The number of rotatable bonds is 6. The molecule has 2 fully saturated rings. The van der Waals surface area contributed by atoms with Crippen LogP contribution < -0.4 is 4.90 Å². The summed E-state index contributed by atoms with van der Waals surface area (Å²) in [4.78, 5) is 17.1. The zero-order chi connectivity index (χ0) is 16.9. The van der Waals surface area contributed by atoms with Crippen molar-refractivity contribution in [2.75, 3.05) is 37.7 Å². The number of carbonyl (C=O) groups is 1. The minimum absolute atomic E-state index is 0.0576. The van der Waals surface area contributed by atoms with E-state index in [-0.39, 0.29) is 12.0 Å². The van der Waals surface area contributed by atoms with Crippen molar-refractivity contribution in [1.29, 1.82) is 0 Å². The van der Waals surface area contributed by atoms with Crippen molar-refractivity contribution < 1.29 is 9.53 Å². The van der Waals surface area contributed by atoms with Crippen LogP contribution in [-0.4, -0.2) is 49.7 Å². The molecule has 0 spiro atoms. The number of anilines is 1. The highest BCUT2D eigenvalue weighted by molar-refractivity contribution is 6.33. The Hall–Kier alpha value is -1.26. The summed E-state index contributed by atoms with van der Waals surface area (Å²) in [5.41, 5.74) is 1.72. The fourth-order valence-electron chi connectivity index (χ4n) is 3.62. The number of benzene rings is 1. The van der Waals surface area contributed by atoms with E-state index in [0.29, 0.717) is 17.1 Å². The molecule has 0 aliphatic carbocycles. The fraction of sp³-hybridized carbons (Fsp3) is 0.632. The highest BCUT2D eigenvalue weighted by Crippen LogP contribution is 2.30. The number of amides is 1. The molecule has 0 saturated carbocycles. The average molecular weight is 351 g/mol. The van der Waals surface area contributed by atoms with Gasteiger partial charge < -0.3 is 14.5 Å². The topological polar surface area (TPSA) is 32.8 Å². The first kappa shape index (κ1) is 17.6. The molecular formula is C19H27ClN2O2. The molecule has 0 N–H and O–H groups in total. The SMILES string of the molecule is CCCN(CC1CCCO1)C(=O)c1ccc(N2CCCC2)c(Cl)c1. The number of halogens is 1. The van der Waals surface area contributed by atoms with E-state index in [0.717, 1.165) is 51.2 Å². The van der Waals surface area contributed by atoms with Gasteiger partial charge in [0.15, 0.2) is 0 Å². The van der Waals surface area contributed by atoms with Gasteiger partial charge in [-0.3, -0.25) is 4.79 Å². The predicted octanol–water partition coefficient (Wildman–Crippen LogP) is 3.97. The van der Waals surface area contributed by atoms with Crippen LogP contribution in [0.15, 0.2) is 18.2 Å². The van der Waals surface area contributed by atoms with Gasteiger partial charge in [0.1, 0.15) is 0 Å². The first-order valence-corrected chi connectivity index (χ1v) is 9.52. The zero-order valence-corrected chi connectivity index (χ0v) is 15.2. The van der Waals surface area contributed by atoms with Crippen LogP contribution in [0.4, 0.5) is 5.69 Å². The van der Waals surface area contributed by atoms with Crippen LogP contribution >= 0.6 is 11.6 Å². The van der Waals surface area contributed by atoms with E-state index in [4.69, 9.17) is 16.3 Å². The van der Waals surface area contributed by atoms with Gasteiger partial charge in [0.05, 0.1) is 16.8 Å². The molecule has 1 unspecified atom stereocenters. The Labute approximate surface area is 149 Å². The molecule has 1 aromatic carbocycles. The summed E-state index contributed by atoms with van der Waals surface area (Å²) in [5, 5.41) is 0.677. The second kappa shape index (κ2) is 8.21. The van der Waals surface area contributed by atoms with Crippen molar-refractivity contribution in [1.82, 2.24) is 4.90 Å².